The van der Waals surface area contributed by atoms with Crippen LogP contribution < -0.4 is 5.32 Å². The van der Waals surface area contributed by atoms with Crippen LogP contribution in [0.4, 0.5) is 5.82 Å². The zero-order chi connectivity index (χ0) is 14.5. The van der Waals surface area contributed by atoms with Crippen LogP contribution in [0.15, 0.2) is 6.20 Å². The molecule has 0 radical (unpaired) electrons. The highest BCUT2D eigenvalue weighted by atomic mass is 16.6. The Morgan fingerprint density at radius 1 is 1.45 bits per heavy atom. The number of aryl methyl sites for hydroxylation is 1. The predicted molar refractivity (Wildman–Crippen MR) is 72.5 cm³/mol. The first-order valence-electron chi connectivity index (χ1n) is 6.76. The molecule has 110 valence electrons. The van der Waals surface area contributed by atoms with Crippen LogP contribution in [0.1, 0.15) is 29.9 Å². The molecule has 8 heteroatoms. The Labute approximate surface area is 116 Å². The van der Waals surface area contributed by atoms with Gasteiger partial charge in [0.2, 0.25) is 0 Å². The summed E-state index contributed by atoms with van der Waals surface area (Å²) in [5.41, 5.74) is 0. The Hall–Kier alpha value is -1.96. The Morgan fingerprint density at radius 2 is 2.15 bits per heavy atom. The SMILES string of the molecule is Cn1cc([N+](=O)[O-])nc1C(=O)NCCN1CCCCC1. The zero-order valence-electron chi connectivity index (χ0n) is 11.5. The van der Waals surface area contributed by atoms with Crippen molar-refractivity contribution in [3.63, 3.8) is 0 Å². The molecule has 0 aliphatic carbocycles. The second-order valence-electron chi connectivity index (χ2n) is 4.95. The lowest BCUT2D eigenvalue weighted by Crippen LogP contribution is -2.38. The maximum Gasteiger partial charge on any atom is 0.382 e. The van der Waals surface area contributed by atoms with Crippen LogP contribution in [0, 0.1) is 10.1 Å². The summed E-state index contributed by atoms with van der Waals surface area (Å²) >= 11 is 0. The molecular weight excluding hydrogens is 262 g/mol. The molecule has 0 aromatic carbocycles. The van der Waals surface area contributed by atoms with Crippen molar-refractivity contribution in [3.05, 3.63) is 22.1 Å². The number of carbonyl (C=O) groups excluding carboxylic acids is 1. The maximum atomic E-state index is 11.9. The highest BCUT2D eigenvalue weighted by molar-refractivity contribution is 5.91. The fourth-order valence-electron chi connectivity index (χ4n) is 2.34. The third kappa shape index (κ3) is 3.53. The van der Waals surface area contributed by atoms with Crippen molar-refractivity contribution in [1.82, 2.24) is 19.8 Å². The van der Waals surface area contributed by atoms with Gasteiger partial charge in [-0.05, 0) is 35.8 Å². The molecule has 0 atom stereocenters. The molecule has 1 amide bonds. The van der Waals surface area contributed by atoms with Gasteiger partial charge in [-0.1, -0.05) is 6.42 Å². The van der Waals surface area contributed by atoms with E-state index in [4.69, 9.17) is 0 Å². The normalized spacial score (nSPS) is 16.1. The minimum Gasteiger partial charge on any atom is -0.358 e. The summed E-state index contributed by atoms with van der Waals surface area (Å²) in [6.07, 6.45) is 4.93. The van der Waals surface area contributed by atoms with Gasteiger partial charge in [0.05, 0.1) is 0 Å². The first-order chi connectivity index (χ1) is 9.58. The molecule has 20 heavy (non-hydrogen) atoms. The van der Waals surface area contributed by atoms with Gasteiger partial charge in [0.15, 0.2) is 0 Å². The quantitative estimate of drug-likeness (QED) is 0.628. The van der Waals surface area contributed by atoms with E-state index in [-0.39, 0.29) is 17.5 Å². The summed E-state index contributed by atoms with van der Waals surface area (Å²) in [4.78, 5) is 27.9. The number of carbonyl (C=O) groups is 1. The summed E-state index contributed by atoms with van der Waals surface area (Å²) in [6, 6.07) is 0. The monoisotopic (exact) mass is 281 g/mol. The lowest BCUT2D eigenvalue weighted by atomic mass is 10.1. The van der Waals surface area contributed by atoms with Crippen LogP contribution in [0.3, 0.4) is 0 Å². The third-order valence-electron chi connectivity index (χ3n) is 3.42. The molecule has 1 aromatic rings. The van der Waals surface area contributed by atoms with Gasteiger partial charge in [0.25, 0.3) is 0 Å². The van der Waals surface area contributed by atoms with Gasteiger partial charge in [-0.25, -0.2) is 0 Å². The van der Waals surface area contributed by atoms with Gasteiger partial charge >= 0.3 is 17.5 Å². The van der Waals surface area contributed by atoms with Crippen molar-refractivity contribution in [2.24, 2.45) is 7.05 Å². The first-order valence-corrected chi connectivity index (χ1v) is 6.76. The van der Waals surface area contributed by atoms with E-state index in [1.807, 2.05) is 0 Å². The van der Waals surface area contributed by atoms with Crippen LogP contribution in [0.25, 0.3) is 0 Å². The van der Waals surface area contributed by atoms with Crippen LogP contribution in [-0.4, -0.2) is 51.5 Å². The van der Waals surface area contributed by atoms with Gasteiger partial charge in [-0.2, -0.15) is 0 Å². The van der Waals surface area contributed by atoms with Crippen molar-refractivity contribution in [2.75, 3.05) is 26.2 Å². The standard InChI is InChI=1S/C12H19N5O3/c1-15-9-10(17(19)20)14-11(15)12(18)13-5-8-16-6-3-2-4-7-16/h9H,2-8H2,1H3,(H,13,18). The summed E-state index contributed by atoms with van der Waals surface area (Å²) in [7, 11) is 1.57. The molecule has 1 aliphatic heterocycles. The number of amides is 1. The molecule has 0 saturated carbocycles. The van der Waals surface area contributed by atoms with E-state index in [9.17, 15) is 14.9 Å². The van der Waals surface area contributed by atoms with Crippen LogP contribution in [-0.2, 0) is 7.05 Å². The molecule has 0 unspecified atom stereocenters. The van der Waals surface area contributed by atoms with Gasteiger partial charge < -0.3 is 24.9 Å². The number of nitro groups is 1. The Kier molecular flexibility index (Phi) is 4.67. The lowest BCUT2D eigenvalue weighted by Gasteiger charge is -2.26. The molecular formula is C12H19N5O3. The van der Waals surface area contributed by atoms with E-state index < -0.39 is 4.92 Å². The van der Waals surface area contributed by atoms with E-state index in [0.29, 0.717) is 6.54 Å². The third-order valence-corrected chi connectivity index (χ3v) is 3.42. The van der Waals surface area contributed by atoms with Gasteiger partial charge in [0, 0.05) is 20.1 Å². The molecule has 1 aliphatic rings. The molecule has 1 N–H and O–H groups in total. The minimum atomic E-state index is -0.607. The fourth-order valence-corrected chi connectivity index (χ4v) is 2.34. The number of hydrogen-bond acceptors (Lipinski definition) is 5. The molecule has 8 nitrogen and oxygen atoms in total. The molecule has 1 aromatic heterocycles. The lowest BCUT2D eigenvalue weighted by molar-refractivity contribution is -0.389. The number of hydrogen-bond donors (Lipinski definition) is 1. The summed E-state index contributed by atoms with van der Waals surface area (Å²) in [6.45, 7) is 3.48. The Balaban J connectivity index is 1.83. The number of imidazole rings is 1. The van der Waals surface area contributed by atoms with E-state index in [1.165, 1.54) is 30.0 Å². The zero-order valence-corrected chi connectivity index (χ0v) is 11.5. The Morgan fingerprint density at radius 3 is 2.75 bits per heavy atom. The van der Waals surface area contributed by atoms with Gasteiger partial charge in [-0.3, -0.25) is 4.79 Å². The summed E-state index contributed by atoms with van der Waals surface area (Å²) < 4.78 is 1.37. The van der Waals surface area contributed by atoms with Crippen molar-refractivity contribution >= 4 is 11.7 Å². The highest BCUT2D eigenvalue weighted by Gasteiger charge is 2.22. The van der Waals surface area contributed by atoms with Crippen molar-refractivity contribution in [3.8, 4) is 0 Å². The number of aromatic nitrogens is 2. The molecule has 0 spiro atoms. The number of piperidine rings is 1. The molecule has 2 heterocycles. The van der Waals surface area contributed by atoms with E-state index in [0.717, 1.165) is 19.6 Å². The van der Waals surface area contributed by atoms with Gasteiger partial charge in [-0.15, -0.1) is 0 Å². The Bertz CT molecular complexity index is 493. The molecule has 1 saturated heterocycles. The minimum absolute atomic E-state index is 0.0651. The van der Waals surface area contributed by atoms with Crippen LogP contribution in [0.5, 0.6) is 0 Å². The van der Waals surface area contributed by atoms with E-state index in [2.05, 4.69) is 15.2 Å². The number of nitrogens with zero attached hydrogens (tertiary/aromatic N) is 4. The molecule has 2 rings (SSSR count). The smallest absolute Gasteiger partial charge is 0.358 e. The number of likely N-dealkylation sites (tertiary alicyclic amines) is 1. The average Bonchev–Trinajstić information content (AvgIpc) is 2.82. The highest BCUT2D eigenvalue weighted by Crippen LogP contribution is 2.09. The molecule has 1 fully saturated rings. The average molecular weight is 281 g/mol. The maximum absolute atomic E-state index is 11.9. The molecule has 0 bridgehead atoms. The first kappa shape index (κ1) is 14.4. The van der Waals surface area contributed by atoms with Crippen molar-refractivity contribution in [2.45, 2.75) is 19.3 Å². The van der Waals surface area contributed by atoms with Crippen LogP contribution >= 0.6 is 0 Å². The summed E-state index contributed by atoms with van der Waals surface area (Å²) in [5, 5.41) is 13.4. The van der Waals surface area contributed by atoms with E-state index >= 15 is 0 Å². The fraction of sp³-hybridized carbons (Fsp3) is 0.667. The second kappa shape index (κ2) is 6.47. The van der Waals surface area contributed by atoms with E-state index in [1.54, 1.807) is 7.05 Å². The van der Waals surface area contributed by atoms with Crippen molar-refractivity contribution < 1.29 is 9.72 Å². The topological polar surface area (TPSA) is 93.3 Å². The van der Waals surface area contributed by atoms with Gasteiger partial charge in [0.1, 0.15) is 6.20 Å². The second-order valence-corrected chi connectivity index (χ2v) is 4.95. The number of rotatable bonds is 5. The number of nitrogens with one attached hydrogen (secondary N) is 1. The van der Waals surface area contributed by atoms with Crippen molar-refractivity contribution in [1.29, 1.82) is 0 Å². The van der Waals surface area contributed by atoms with Crippen LogP contribution in [0.2, 0.25) is 0 Å². The predicted octanol–water partition coefficient (Wildman–Crippen LogP) is 0.544. The summed E-state index contributed by atoms with van der Waals surface area (Å²) in [5.74, 6) is -0.623. The largest absolute Gasteiger partial charge is 0.382 e.